The molecule has 0 aromatic rings. The first-order valence-corrected chi connectivity index (χ1v) is 4.42. The average molecular weight is 216 g/mol. The second kappa shape index (κ2) is 4.77. The standard InChI is InChI=1S/C9H16N2O4/c1-9(2,8(14)15)4-7(13)11(3)5-6(10)12/h4-5H2,1-3H3,(H2,10,12)(H,14,15). The second-order valence-corrected chi connectivity index (χ2v) is 4.08. The van der Waals surface area contributed by atoms with Crippen molar-refractivity contribution in [1.82, 2.24) is 4.90 Å². The molecule has 0 saturated carbocycles. The van der Waals surface area contributed by atoms with Gasteiger partial charge in [0, 0.05) is 13.5 Å². The fraction of sp³-hybridized carbons (Fsp3) is 0.667. The van der Waals surface area contributed by atoms with Gasteiger partial charge < -0.3 is 15.7 Å². The Labute approximate surface area is 88.0 Å². The number of rotatable bonds is 5. The maximum absolute atomic E-state index is 11.5. The maximum Gasteiger partial charge on any atom is 0.309 e. The van der Waals surface area contributed by atoms with Crippen molar-refractivity contribution in [2.45, 2.75) is 20.3 Å². The third-order valence-corrected chi connectivity index (χ3v) is 1.99. The van der Waals surface area contributed by atoms with Crippen LogP contribution in [0.4, 0.5) is 0 Å². The highest BCUT2D eigenvalue weighted by Crippen LogP contribution is 2.21. The second-order valence-electron chi connectivity index (χ2n) is 4.08. The van der Waals surface area contributed by atoms with E-state index in [2.05, 4.69) is 0 Å². The molecule has 0 aromatic heterocycles. The van der Waals surface area contributed by atoms with E-state index in [4.69, 9.17) is 10.8 Å². The van der Waals surface area contributed by atoms with Crippen molar-refractivity contribution in [2.75, 3.05) is 13.6 Å². The molecular formula is C9H16N2O4. The lowest BCUT2D eigenvalue weighted by Crippen LogP contribution is -2.39. The van der Waals surface area contributed by atoms with E-state index in [0.29, 0.717) is 0 Å². The monoisotopic (exact) mass is 216 g/mol. The van der Waals surface area contributed by atoms with Crippen molar-refractivity contribution in [2.24, 2.45) is 11.1 Å². The molecule has 6 heteroatoms. The van der Waals surface area contributed by atoms with Crippen LogP contribution < -0.4 is 5.73 Å². The van der Waals surface area contributed by atoms with Gasteiger partial charge in [-0.3, -0.25) is 14.4 Å². The Balaban J connectivity index is 4.36. The Morgan fingerprint density at radius 2 is 1.80 bits per heavy atom. The van der Waals surface area contributed by atoms with Crippen molar-refractivity contribution < 1.29 is 19.5 Å². The van der Waals surface area contributed by atoms with Gasteiger partial charge in [-0.15, -0.1) is 0 Å². The van der Waals surface area contributed by atoms with Crippen molar-refractivity contribution >= 4 is 17.8 Å². The van der Waals surface area contributed by atoms with Crippen molar-refractivity contribution in [3.05, 3.63) is 0 Å². The van der Waals surface area contributed by atoms with Crippen LogP contribution in [0.5, 0.6) is 0 Å². The van der Waals surface area contributed by atoms with Gasteiger partial charge in [0.1, 0.15) is 0 Å². The Morgan fingerprint density at radius 3 is 2.13 bits per heavy atom. The number of amides is 2. The van der Waals surface area contributed by atoms with Crippen molar-refractivity contribution in [1.29, 1.82) is 0 Å². The number of carboxylic acids is 1. The summed E-state index contributed by atoms with van der Waals surface area (Å²) >= 11 is 0. The van der Waals surface area contributed by atoms with E-state index in [1.54, 1.807) is 0 Å². The number of hydrogen-bond acceptors (Lipinski definition) is 3. The first-order chi connectivity index (χ1) is 6.66. The van der Waals surface area contributed by atoms with Gasteiger partial charge in [-0.1, -0.05) is 0 Å². The van der Waals surface area contributed by atoms with Gasteiger partial charge in [0.2, 0.25) is 11.8 Å². The predicted molar refractivity (Wildman–Crippen MR) is 52.9 cm³/mol. The van der Waals surface area contributed by atoms with Gasteiger partial charge in [0.05, 0.1) is 12.0 Å². The van der Waals surface area contributed by atoms with E-state index in [9.17, 15) is 14.4 Å². The number of aliphatic carboxylic acids is 1. The summed E-state index contributed by atoms with van der Waals surface area (Å²) in [6.07, 6.45) is -0.161. The maximum atomic E-state index is 11.5. The summed E-state index contributed by atoms with van der Waals surface area (Å²) in [5, 5.41) is 8.79. The summed E-state index contributed by atoms with van der Waals surface area (Å²) in [6.45, 7) is 2.70. The summed E-state index contributed by atoms with van der Waals surface area (Å²) in [7, 11) is 1.41. The quantitative estimate of drug-likeness (QED) is 0.642. The lowest BCUT2D eigenvalue weighted by molar-refractivity contribution is -0.151. The summed E-state index contributed by atoms with van der Waals surface area (Å²) in [5.74, 6) is -2.09. The van der Waals surface area contributed by atoms with Crippen LogP contribution in [-0.2, 0) is 14.4 Å². The fourth-order valence-electron chi connectivity index (χ4n) is 0.911. The summed E-state index contributed by atoms with van der Waals surface area (Å²) in [6, 6.07) is 0. The van der Waals surface area contributed by atoms with Gasteiger partial charge in [-0.05, 0) is 13.8 Å². The van der Waals surface area contributed by atoms with Crippen LogP contribution >= 0.6 is 0 Å². The predicted octanol–water partition coefficient (Wildman–Crippen LogP) is -0.569. The van der Waals surface area contributed by atoms with Crippen LogP contribution in [0.2, 0.25) is 0 Å². The minimum Gasteiger partial charge on any atom is -0.481 e. The van der Waals surface area contributed by atoms with Crippen LogP contribution in [0.1, 0.15) is 20.3 Å². The molecule has 0 aliphatic rings. The lowest BCUT2D eigenvalue weighted by Gasteiger charge is -2.22. The molecule has 2 amide bonds. The number of nitrogens with zero attached hydrogens (tertiary/aromatic N) is 1. The number of carbonyl (C=O) groups excluding carboxylic acids is 2. The first kappa shape index (κ1) is 13.4. The first-order valence-electron chi connectivity index (χ1n) is 4.42. The van der Waals surface area contributed by atoms with Crippen LogP contribution in [0.3, 0.4) is 0 Å². The minimum absolute atomic E-state index is 0.161. The molecule has 0 aliphatic heterocycles. The molecule has 0 bridgehead atoms. The number of nitrogens with two attached hydrogens (primary N) is 1. The van der Waals surface area contributed by atoms with Crippen LogP contribution in [0.25, 0.3) is 0 Å². The molecule has 0 unspecified atom stereocenters. The van der Waals surface area contributed by atoms with Crippen molar-refractivity contribution in [3.8, 4) is 0 Å². The molecule has 0 heterocycles. The van der Waals surface area contributed by atoms with E-state index >= 15 is 0 Å². The molecule has 3 N–H and O–H groups in total. The Hall–Kier alpha value is -1.59. The number of carbonyl (C=O) groups is 3. The average Bonchev–Trinajstić information content (AvgIpc) is 2.01. The number of likely N-dealkylation sites (N-methyl/N-ethyl adjacent to an activating group) is 1. The number of primary amides is 1. The zero-order valence-electron chi connectivity index (χ0n) is 9.11. The molecule has 0 aromatic carbocycles. The van der Waals surface area contributed by atoms with Crippen LogP contribution in [0, 0.1) is 5.41 Å². The van der Waals surface area contributed by atoms with E-state index in [1.807, 2.05) is 0 Å². The molecule has 15 heavy (non-hydrogen) atoms. The van der Waals surface area contributed by atoms with Crippen LogP contribution in [0.15, 0.2) is 0 Å². The molecule has 0 saturated heterocycles. The number of carboxylic acid groups (broad SMARTS) is 1. The Kier molecular flexibility index (Phi) is 4.26. The van der Waals surface area contributed by atoms with Gasteiger partial charge in [-0.2, -0.15) is 0 Å². The minimum atomic E-state index is -1.14. The summed E-state index contributed by atoms with van der Waals surface area (Å²) in [4.78, 5) is 33.8. The summed E-state index contributed by atoms with van der Waals surface area (Å²) < 4.78 is 0. The highest BCUT2D eigenvalue weighted by atomic mass is 16.4. The molecule has 0 radical (unpaired) electrons. The SMILES string of the molecule is CN(CC(N)=O)C(=O)CC(C)(C)C(=O)O. The Bertz CT molecular complexity index is 286. The van der Waals surface area contributed by atoms with E-state index in [-0.39, 0.29) is 13.0 Å². The molecule has 0 spiro atoms. The zero-order valence-corrected chi connectivity index (χ0v) is 9.11. The Morgan fingerprint density at radius 1 is 1.33 bits per heavy atom. The van der Waals surface area contributed by atoms with Gasteiger partial charge in [0.25, 0.3) is 0 Å². The van der Waals surface area contributed by atoms with Crippen LogP contribution in [-0.4, -0.2) is 41.4 Å². The van der Waals surface area contributed by atoms with E-state index < -0.39 is 23.2 Å². The zero-order chi connectivity index (χ0) is 12.2. The largest absolute Gasteiger partial charge is 0.481 e. The molecule has 0 rings (SSSR count). The third-order valence-electron chi connectivity index (χ3n) is 1.99. The molecule has 0 fully saturated rings. The number of hydrogen-bond donors (Lipinski definition) is 2. The topological polar surface area (TPSA) is 101 Å². The lowest BCUT2D eigenvalue weighted by atomic mass is 9.89. The van der Waals surface area contributed by atoms with E-state index in [0.717, 1.165) is 4.90 Å². The molecule has 6 nitrogen and oxygen atoms in total. The normalized spacial score (nSPS) is 10.9. The molecular weight excluding hydrogens is 200 g/mol. The molecule has 0 atom stereocenters. The van der Waals surface area contributed by atoms with Gasteiger partial charge in [-0.25, -0.2) is 0 Å². The van der Waals surface area contributed by atoms with Gasteiger partial charge >= 0.3 is 5.97 Å². The van der Waals surface area contributed by atoms with Crippen molar-refractivity contribution in [3.63, 3.8) is 0 Å². The smallest absolute Gasteiger partial charge is 0.309 e. The molecule has 86 valence electrons. The third kappa shape index (κ3) is 4.44. The molecule has 0 aliphatic carbocycles. The van der Waals surface area contributed by atoms with Gasteiger partial charge in [0.15, 0.2) is 0 Å². The van der Waals surface area contributed by atoms with E-state index in [1.165, 1.54) is 20.9 Å². The fourth-order valence-corrected chi connectivity index (χ4v) is 0.911. The highest BCUT2D eigenvalue weighted by Gasteiger charge is 2.31. The summed E-state index contributed by atoms with van der Waals surface area (Å²) in [5.41, 5.74) is 3.77. The highest BCUT2D eigenvalue weighted by molar-refractivity contribution is 5.87.